The van der Waals surface area contributed by atoms with Crippen molar-refractivity contribution in [2.75, 3.05) is 19.7 Å². The molecule has 1 unspecified atom stereocenters. The van der Waals surface area contributed by atoms with E-state index < -0.39 is 0 Å². The third kappa shape index (κ3) is 3.03. The van der Waals surface area contributed by atoms with Crippen LogP contribution in [0, 0.1) is 11.7 Å². The van der Waals surface area contributed by atoms with E-state index in [0.29, 0.717) is 5.92 Å². The van der Waals surface area contributed by atoms with Crippen LogP contribution in [0.1, 0.15) is 18.4 Å². The number of halogens is 1. The Morgan fingerprint density at radius 3 is 3.06 bits per heavy atom. The van der Waals surface area contributed by atoms with Crippen molar-refractivity contribution in [2.24, 2.45) is 5.92 Å². The first-order chi connectivity index (χ1) is 7.78. The number of aliphatic hydroxyl groups excluding tert-OH is 1. The SMILES string of the molecule is OCC1CCCN(Cc2cccc(F)c2)C1. The summed E-state index contributed by atoms with van der Waals surface area (Å²) in [4.78, 5) is 2.29. The number of benzene rings is 1. The van der Waals surface area contributed by atoms with Gasteiger partial charge in [0.25, 0.3) is 0 Å². The van der Waals surface area contributed by atoms with Crippen molar-refractivity contribution in [1.82, 2.24) is 4.90 Å². The van der Waals surface area contributed by atoms with Gasteiger partial charge in [-0.2, -0.15) is 0 Å². The second-order valence-corrected chi connectivity index (χ2v) is 4.56. The minimum Gasteiger partial charge on any atom is -0.396 e. The summed E-state index contributed by atoms with van der Waals surface area (Å²) in [6.45, 7) is 3.02. The molecule has 0 amide bonds. The Morgan fingerprint density at radius 2 is 2.31 bits per heavy atom. The predicted molar refractivity (Wildman–Crippen MR) is 61.5 cm³/mol. The van der Waals surface area contributed by atoms with Crippen molar-refractivity contribution in [3.05, 3.63) is 35.6 Å². The highest BCUT2D eigenvalue weighted by molar-refractivity contribution is 5.16. The number of nitrogens with zero attached hydrogens (tertiary/aromatic N) is 1. The van der Waals surface area contributed by atoms with Crippen LogP contribution in [-0.4, -0.2) is 29.7 Å². The molecule has 1 heterocycles. The van der Waals surface area contributed by atoms with Crippen LogP contribution in [0.4, 0.5) is 4.39 Å². The second kappa shape index (κ2) is 5.41. The molecule has 1 aromatic carbocycles. The van der Waals surface area contributed by atoms with Gasteiger partial charge in [0.2, 0.25) is 0 Å². The summed E-state index contributed by atoms with van der Waals surface area (Å²) in [6.07, 6.45) is 2.23. The largest absolute Gasteiger partial charge is 0.396 e. The topological polar surface area (TPSA) is 23.5 Å². The molecular weight excluding hydrogens is 205 g/mol. The molecule has 0 saturated carbocycles. The molecule has 2 rings (SSSR count). The molecule has 0 radical (unpaired) electrons. The van der Waals surface area contributed by atoms with Gasteiger partial charge in [-0.25, -0.2) is 4.39 Å². The number of hydrogen-bond donors (Lipinski definition) is 1. The Kier molecular flexibility index (Phi) is 3.91. The van der Waals surface area contributed by atoms with Crippen LogP contribution in [0.15, 0.2) is 24.3 Å². The monoisotopic (exact) mass is 223 g/mol. The van der Waals surface area contributed by atoms with Gasteiger partial charge in [0.05, 0.1) is 0 Å². The highest BCUT2D eigenvalue weighted by atomic mass is 19.1. The molecule has 0 spiro atoms. The lowest BCUT2D eigenvalue weighted by Crippen LogP contribution is -2.36. The summed E-state index contributed by atoms with van der Waals surface area (Å²) in [7, 11) is 0. The Hall–Kier alpha value is -0.930. The number of piperidine rings is 1. The maximum Gasteiger partial charge on any atom is 0.123 e. The molecule has 1 atom stereocenters. The summed E-state index contributed by atoms with van der Waals surface area (Å²) in [6, 6.07) is 6.75. The first-order valence-corrected chi connectivity index (χ1v) is 5.85. The van der Waals surface area contributed by atoms with E-state index in [-0.39, 0.29) is 12.4 Å². The van der Waals surface area contributed by atoms with Crippen molar-refractivity contribution < 1.29 is 9.50 Å². The lowest BCUT2D eigenvalue weighted by Gasteiger charge is -2.31. The van der Waals surface area contributed by atoms with Gasteiger partial charge in [-0.1, -0.05) is 12.1 Å². The quantitative estimate of drug-likeness (QED) is 0.847. The van der Waals surface area contributed by atoms with Crippen molar-refractivity contribution in [3.8, 4) is 0 Å². The fourth-order valence-corrected chi connectivity index (χ4v) is 2.34. The summed E-state index contributed by atoms with van der Waals surface area (Å²) in [5.74, 6) is 0.218. The third-order valence-electron chi connectivity index (χ3n) is 3.16. The molecule has 0 bridgehead atoms. The van der Waals surface area contributed by atoms with E-state index in [4.69, 9.17) is 5.11 Å². The fourth-order valence-electron chi connectivity index (χ4n) is 2.34. The van der Waals surface area contributed by atoms with Crippen molar-refractivity contribution >= 4 is 0 Å². The van der Waals surface area contributed by atoms with Gasteiger partial charge in [-0.3, -0.25) is 4.90 Å². The van der Waals surface area contributed by atoms with Crippen LogP contribution in [-0.2, 0) is 6.54 Å². The zero-order valence-corrected chi connectivity index (χ0v) is 9.40. The van der Waals surface area contributed by atoms with Gasteiger partial charge in [0, 0.05) is 19.7 Å². The number of rotatable bonds is 3. The Bertz CT molecular complexity index is 342. The Balaban J connectivity index is 1.94. The van der Waals surface area contributed by atoms with Crippen LogP contribution in [0.2, 0.25) is 0 Å². The van der Waals surface area contributed by atoms with Gasteiger partial charge in [0.1, 0.15) is 5.82 Å². The molecule has 1 aromatic rings. The summed E-state index contributed by atoms with van der Waals surface area (Å²) >= 11 is 0. The van der Waals surface area contributed by atoms with Crippen LogP contribution in [0.25, 0.3) is 0 Å². The average Bonchev–Trinajstić information content (AvgIpc) is 2.29. The lowest BCUT2D eigenvalue weighted by atomic mass is 9.98. The lowest BCUT2D eigenvalue weighted by molar-refractivity contribution is 0.116. The standard InChI is InChI=1S/C13H18FNO/c14-13-5-1-3-11(7-13)8-15-6-2-4-12(9-15)10-16/h1,3,5,7,12,16H,2,4,6,8-10H2. The predicted octanol–water partition coefficient (Wildman–Crippen LogP) is 2.03. The van der Waals surface area contributed by atoms with Crippen LogP contribution in [0.5, 0.6) is 0 Å². The first kappa shape index (κ1) is 11.6. The Labute approximate surface area is 95.7 Å². The molecule has 1 N–H and O–H groups in total. The Morgan fingerprint density at radius 1 is 1.44 bits per heavy atom. The smallest absolute Gasteiger partial charge is 0.123 e. The number of hydrogen-bond acceptors (Lipinski definition) is 2. The van der Waals surface area contributed by atoms with Crippen molar-refractivity contribution in [3.63, 3.8) is 0 Å². The molecule has 1 fully saturated rings. The van der Waals surface area contributed by atoms with E-state index in [2.05, 4.69) is 4.90 Å². The highest BCUT2D eigenvalue weighted by Crippen LogP contribution is 2.18. The molecule has 1 aliphatic heterocycles. The first-order valence-electron chi connectivity index (χ1n) is 5.85. The van der Waals surface area contributed by atoms with Crippen LogP contribution >= 0.6 is 0 Å². The molecule has 0 aliphatic carbocycles. The van der Waals surface area contributed by atoms with E-state index in [1.54, 1.807) is 12.1 Å². The van der Waals surface area contributed by atoms with Gasteiger partial charge >= 0.3 is 0 Å². The molecule has 88 valence electrons. The number of likely N-dealkylation sites (tertiary alicyclic amines) is 1. The maximum atomic E-state index is 13.0. The maximum absolute atomic E-state index is 13.0. The molecule has 1 saturated heterocycles. The van der Waals surface area contributed by atoms with E-state index in [9.17, 15) is 4.39 Å². The van der Waals surface area contributed by atoms with Gasteiger partial charge in [-0.05, 0) is 43.0 Å². The third-order valence-corrected chi connectivity index (χ3v) is 3.16. The molecule has 1 aliphatic rings. The van der Waals surface area contributed by atoms with E-state index in [0.717, 1.165) is 38.0 Å². The minimum atomic E-state index is -0.173. The molecule has 3 heteroatoms. The van der Waals surface area contributed by atoms with E-state index >= 15 is 0 Å². The van der Waals surface area contributed by atoms with E-state index in [1.165, 1.54) is 6.07 Å². The van der Waals surface area contributed by atoms with Gasteiger partial charge in [-0.15, -0.1) is 0 Å². The summed E-state index contributed by atoms with van der Waals surface area (Å²) < 4.78 is 13.0. The molecular formula is C13H18FNO. The summed E-state index contributed by atoms with van der Waals surface area (Å²) in [5, 5.41) is 9.13. The molecule has 2 nitrogen and oxygen atoms in total. The van der Waals surface area contributed by atoms with Crippen LogP contribution in [0.3, 0.4) is 0 Å². The van der Waals surface area contributed by atoms with Gasteiger partial charge < -0.3 is 5.11 Å². The molecule has 0 aromatic heterocycles. The zero-order valence-electron chi connectivity index (χ0n) is 9.40. The average molecular weight is 223 g/mol. The number of aliphatic hydroxyl groups is 1. The molecule has 16 heavy (non-hydrogen) atoms. The van der Waals surface area contributed by atoms with Crippen LogP contribution < -0.4 is 0 Å². The summed E-state index contributed by atoms with van der Waals surface area (Å²) in [5.41, 5.74) is 1.01. The normalized spacial score (nSPS) is 22.2. The highest BCUT2D eigenvalue weighted by Gasteiger charge is 2.18. The zero-order chi connectivity index (χ0) is 11.4. The second-order valence-electron chi connectivity index (χ2n) is 4.56. The van der Waals surface area contributed by atoms with E-state index in [1.807, 2.05) is 6.07 Å². The van der Waals surface area contributed by atoms with Crippen molar-refractivity contribution in [1.29, 1.82) is 0 Å². The minimum absolute atomic E-state index is 0.173. The van der Waals surface area contributed by atoms with Gasteiger partial charge in [0.15, 0.2) is 0 Å². The van der Waals surface area contributed by atoms with Crippen molar-refractivity contribution in [2.45, 2.75) is 19.4 Å². The fraction of sp³-hybridized carbons (Fsp3) is 0.538.